The lowest BCUT2D eigenvalue weighted by molar-refractivity contribution is -0.113. The summed E-state index contributed by atoms with van der Waals surface area (Å²) in [7, 11) is 1.31. The largest absolute Gasteiger partial charge is 0.493 e. The number of anilines is 1. The number of hydrogen-bond acceptors (Lipinski definition) is 8. The zero-order chi connectivity index (χ0) is 28.6. The summed E-state index contributed by atoms with van der Waals surface area (Å²) in [5, 5.41) is 15.7. The van der Waals surface area contributed by atoms with Crippen molar-refractivity contribution in [3.63, 3.8) is 0 Å². The Kier molecular flexibility index (Phi) is 10.5. The molecule has 2 heterocycles. The number of aromatic nitrogens is 3. The number of rotatable bonds is 12. The predicted molar refractivity (Wildman–Crippen MR) is 161 cm³/mol. The van der Waals surface area contributed by atoms with Crippen molar-refractivity contribution in [2.24, 2.45) is 0 Å². The van der Waals surface area contributed by atoms with Gasteiger partial charge in [0.1, 0.15) is 22.1 Å². The Hall–Kier alpha value is -3.05. The lowest BCUT2D eigenvalue weighted by Gasteiger charge is -2.10. The van der Waals surface area contributed by atoms with E-state index < -0.39 is 5.97 Å². The quantitative estimate of drug-likeness (QED) is 0.102. The fourth-order valence-corrected chi connectivity index (χ4v) is 6.15. The van der Waals surface area contributed by atoms with Crippen LogP contribution < -0.4 is 10.1 Å². The number of carbonyl (C=O) groups excluding carboxylic acids is 2. The van der Waals surface area contributed by atoms with Gasteiger partial charge in [0.2, 0.25) is 5.91 Å². The van der Waals surface area contributed by atoms with Crippen molar-refractivity contribution in [1.29, 1.82) is 0 Å². The molecule has 1 amide bonds. The molecule has 0 fully saturated rings. The van der Waals surface area contributed by atoms with Crippen LogP contribution in [-0.4, -0.2) is 46.1 Å². The van der Waals surface area contributed by atoms with Gasteiger partial charge in [0.05, 0.1) is 19.5 Å². The molecule has 0 spiro atoms. The fourth-order valence-electron chi connectivity index (χ4n) is 4.00. The molecule has 0 atom stereocenters. The number of halogens is 2. The molecule has 4 rings (SSSR count). The molecule has 8 nitrogen and oxygen atoms in total. The topological polar surface area (TPSA) is 95.3 Å². The second kappa shape index (κ2) is 14.0. The van der Waals surface area contributed by atoms with Gasteiger partial charge >= 0.3 is 5.97 Å². The molecule has 1 N–H and O–H groups in total. The minimum absolute atomic E-state index is 0.103. The first kappa shape index (κ1) is 29.9. The lowest BCUT2D eigenvalue weighted by atomic mass is 10.0. The maximum Gasteiger partial charge on any atom is 0.341 e. The van der Waals surface area contributed by atoms with Gasteiger partial charge in [-0.25, -0.2) is 4.79 Å². The van der Waals surface area contributed by atoms with E-state index in [1.54, 1.807) is 12.1 Å². The van der Waals surface area contributed by atoms with Crippen molar-refractivity contribution in [1.82, 2.24) is 14.8 Å². The standard InChI is InChI=1S/C28H28Cl2N4O4S2/c1-4-34-23(6-5-13-38-22-12-11-20(30)14-17(22)2)32-33-28(34)40-16-24(35)31-26-25(27(36)37-3)21(15-39-26)18-7-9-19(29)10-8-18/h7-12,14-15H,4-6,13,16H2,1-3H3,(H,31,35). The number of thioether (sulfide) groups is 1. The van der Waals surface area contributed by atoms with Gasteiger partial charge in [0.25, 0.3) is 0 Å². The molecule has 210 valence electrons. The predicted octanol–water partition coefficient (Wildman–Crippen LogP) is 7.17. The Morgan fingerprint density at radius 1 is 1.10 bits per heavy atom. The number of thiophene rings is 1. The molecule has 4 aromatic rings. The third-order valence-electron chi connectivity index (χ3n) is 5.97. The van der Waals surface area contributed by atoms with E-state index in [4.69, 9.17) is 32.7 Å². The van der Waals surface area contributed by atoms with E-state index in [0.717, 1.165) is 29.1 Å². The van der Waals surface area contributed by atoms with Crippen LogP contribution in [0.2, 0.25) is 10.0 Å². The number of carbonyl (C=O) groups is 2. The van der Waals surface area contributed by atoms with Gasteiger partial charge in [0.15, 0.2) is 5.16 Å². The van der Waals surface area contributed by atoms with Crippen LogP contribution in [-0.2, 0) is 22.5 Å². The van der Waals surface area contributed by atoms with Crippen LogP contribution in [0, 0.1) is 6.92 Å². The van der Waals surface area contributed by atoms with E-state index in [0.29, 0.717) is 50.9 Å². The van der Waals surface area contributed by atoms with Gasteiger partial charge in [0, 0.05) is 34.0 Å². The molecule has 0 radical (unpaired) electrons. The summed E-state index contributed by atoms with van der Waals surface area (Å²) in [6.45, 7) is 5.18. The van der Waals surface area contributed by atoms with Gasteiger partial charge < -0.3 is 19.4 Å². The van der Waals surface area contributed by atoms with Crippen molar-refractivity contribution in [2.45, 2.75) is 38.4 Å². The summed E-state index contributed by atoms with van der Waals surface area (Å²) in [6, 6.07) is 12.7. The normalized spacial score (nSPS) is 10.9. The molecule has 12 heteroatoms. The highest BCUT2D eigenvalue weighted by Crippen LogP contribution is 2.36. The maximum atomic E-state index is 12.9. The van der Waals surface area contributed by atoms with Crippen molar-refractivity contribution < 1.29 is 19.1 Å². The molecular formula is C28H28Cl2N4O4S2. The lowest BCUT2D eigenvalue weighted by Crippen LogP contribution is -2.16. The first-order valence-electron chi connectivity index (χ1n) is 12.5. The van der Waals surface area contributed by atoms with Crippen LogP contribution in [0.4, 0.5) is 5.00 Å². The number of aryl methyl sites for hydroxylation is 2. The van der Waals surface area contributed by atoms with E-state index in [-0.39, 0.29) is 11.7 Å². The van der Waals surface area contributed by atoms with Crippen LogP contribution in [0.3, 0.4) is 0 Å². The first-order valence-corrected chi connectivity index (χ1v) is 15.1. The molecule has 0 saturated heterocycles. The van der Waals surface area contributed by atoms with Gasteiger partial charge in [-0.15, -0.1) is 21.5 Å². The Balaban J connectivity index is 1.35. The van der Waals surface area contributed by atoms with Crippen LogP contribution >= 0.6 is 46.3 Å². The smallest absolute Gasteiger partial charge is 0.341 e. The number of amides is 1. The number of esters is 1. The zero-order valence-corrected chi connectivity index (χ0v) is 25.3. The fraction of sp³-hybridized carbons (Fsp3) is 0.286. The molecule has 0 aliphatic rings. The second-order valence-corrected chi connectivity index (χ2v) is 11.4. The molecule has 0 bridgehead atoms. The van der Waals surface area contributed by atoms with Gasteiger partial charge in [-0.05, 0) is 61.7 Å². The van der Waals surface area contributed by atoms with Gasteiger partial charge in [-0.3, -0.25) is 4.79 Å². The van der Waals surface area contributed by atoms with Crippen LogP contribution in [0.25, 0.3) is 11.1 Å². The number of benzene rings is 2. The Morgan fingerprint density at radius 2 is 1.85 bits per heavy atom. The molecular weight excluding hydrogens is 591 g/mol. The van der Waals surface area contributed by atoms with Gasteiger partial charge in [-0.2, -0.15) is 0 Å². The van der Waals surface area contributed by atoms with Crippen molar-refractivity contribution in [3.8, 4) is 16.9 Å². The second-order valence-electron chi connectivity index (χ2n) is 8.69. The van der Waals surface area contributed by atoms with E-state index in [1.165, 1.54) is 30.2 Å². The molecule has 0 aliphatic carbocycles. The highest BCUT2D eigenvalue weighted by Gasteiger charge is 2.23. The van der Waals surface area contributed by atoms with Crippen LogP contribution in [0.1, 0.15) is 35.1 Å². The Morgan fingerprint density at radius 3 is 2.55 bits per heavy atom. The summed E-state index contributed by atoms with van der Waals surface area (Å²) in [5.74, 6) is 0.954. The summed E-state index contributed by atoms with van der Waals surface area (Å²) in [6.07, 6.45) is 1.45. The van der Waals surface area contributed by atoms with Crippen molar-refractivity contribution in [3.05, 3.63) is 74.8 Å². The van der Waals surface area contributed by atoms with Crippen LogP contribution in [0.5, 0.6) is 5.75 Å². The summed E-state index contributed by atoms with van der Waals surface area (Å²) in [4.78, 5) is 25.5. The monoisotopic (exact) mass is 618 g/mol. The van der Waals surface area contributed by atoms with Crippen molar-refractivity contribution in [2.75, 3.05) is 24.8 Å². The number of methoxy groups -OCH3 is 1. The highest BCUT2D eigenvalue weighted by atomic mass is 35.5. The van der Waals surface area contributed by atoms with Crippen molar-refractivity contribution >= 4 is 63.2 Å². The summed E-state index contributed by atoms with van der Waals surface area (Å²) in [5.41, 5.74) is 2.77. The van der Waals surface area contributed by atoms with E-state index in [9.17, 15) is 9.59 Å². The summed E-state index contributed by atoms with van der Waals surface area (Å²) >= 11 is 14.6. The highest BCUT2D eigenvalue weighted by molar-refractivity contribution is 7.99. The number of nitrogens with one attached hydrogen (secondary N) is 1. The molecule has 0 aliphatic heterocycles. The molecule has 0 saturated carbocycles. The number of nitrogens with zero attached hydrogens (tertiary/aromatic N) is 3. The molecule has 0 unspecified atom stereocenters. The number of ether oxygens (including phenoxy) is 2. The molecule has 2 aromatic carbocycles. The zero-order valence-electron chi connectivity index (χ0n) is 22.2. The van der Waals surface area contributed by atoms with Crippen LogP contribution in [0.15, 0.2) is 53.0 Å². The summed E-state index contributed by atoms with van der Waals surface area (Å²) < 4.78 is 12.9. The number of hydrogen-bond donors (Lipinski definition) is 1. The Bertz CT molecular complexity index is 1490. The van der Waals surface area contributed by atoms with E-state index >= 15 is 0 Å². The van der Waals surface area contributed by atoms with Gasteiger partial charge in [-0.1, -0.05) is 47.1 Å². The average Bonchev–Trinajstić information content (AvgIpc) is 3.54. The Labute approximate surface area is 251 Å². The minimum atomic E-state index is -0.528. The molecule has 40 heavy (non-hydrogen) atoms. The van der Waals surface area contributed by atoms with E-state index in [2.05, 4.69) is 15.5 Å². The molecule has 2 aromatic heterocycles. The maximum absolute atomic E-state index is 12.9. The van der Waals surface area contributed by atoms with E-state index in [1.807, 2.05) is 54.1 Å². The average molecular weight is 620 g/mol. The third kappa shape index (κ3) is 7.37. The third-order valence-corrected chi connectivity index (χ3v) is 8.32. The SMILES string of the molecule is CCn1c(CCCOc2ccc(Cl)cc2C)nnc1SCC(=O)Nc1scc(-c2ccc(Cl)cc2)c1C(=O)OC. The minimum Gasteiger partial charge on any atom is -0.493 e. The first-order chi connectivity index (χ1) is 19.3.